The van der Waals surface area contributed by atoms with Crippen molar-refractivity contribution < 1.29 is 4.79 Å². The zero-order valence-corrected chi connectivity index (χ0v) is 19.4. The van der Waals surface area contributed by atoms with Crippen LogP contribution in [0.4, 0.5) is 5.69 Å². The Morgan fingerprint density at radius 1 is 1.23 bits per heavy atom. The summed E-state index contributed by atoms with van der Waals surface area (Å²) in [6.07, 6.45) is 3.65. The smallest absolute Gasteiger partial charge is 0.258 e. The Morgan fingerprint density at radius 3 is 2.52 bits per heavy atom. The number of hydrogen-bond donors (Lipinski definition) is 1. The maximum Gasteiger partial charge on any atom is 0.258 e. The molecule has 0 unspecified atom stereocenters. The zero-order valence-electron chi connectivity index (χ0n) is 18.7. The number of rotatable bonds is 5. The summed E-state index contributed by atoms with van der Waals surface area (Å²) >= 11 is 6.71. The van der Waals surface area contributed by atoms with Crippen LogP contribution in [0.15, 0.2) is 30.5 Å². The van der Waals surface area contributed by atoms with Crippen molar-refractivity contribution in [3.8, 4) is 0 Å². The molecule has 6 nitrogen and oxygen atoms in total. The molecule has 1 aliphatic heterocycles. The highest BCUT2D eigenvalue weighted by Gasteiger charge is 2.25. The molecule has 1 fully saturated rings. The highest BCUT2D eigenvalue weighted by Crippen LogP contribution is 2.33. The van der Waals surface area contributed by atoms with E-state index in [1.54, 1.807) is 6.20 Å². The molecule has 1 aromatic carbocycles. The fraction of sp³-hybridized carbons (Fsp3) is 0.458. The zero-order chi connectivity index (χ0) is 22.1. The molecule has 0 spiro atoms. The summed E-state index contributed by atoms with van der Waals surface area (Å²) in [5, 5.41) is 8.87. The van der Waals surface area contributed by atoms with Crippen LogP contribution >= 0.6 is 11.6 Å². The van der Waals surface area contributed by atoms with Crippen molar-refractivity contribution in [2.75, 3.05) is 25.0 Å². The molecule has 164 valence electrons. The quantitative estimate of drug-likeness (QED) is 0.576. The molecular formula is C24H30ClN5O. The van der Waals surface area contributed by atoms with Crippen LogP contribution in [0.2, 0.25) is 5.02 Å². The van der Waals surface area contributed by atoms with Gasteiger partial charge in [-0.2, -0.15) is 5.10 Å². The number of carbonyl (C=O) groups is 1. The fourth-order valence-corrected chi connectivity index (χ4v) is 4.63. The number of aromatic nitrogens is 3. The number of nitrogens with zero attached hydrogens (tertiary/aromatic N) is 4. The van der Waals surface area contributed by atoms with Crippen molar-refractivity contribution >= 4 is 34.2 Å². The lowest BCUT2D eigenvalue weighted by atomic mass is 10.0. The van der Waals surface area contributed by atoms with Gasteiger partial charge in [-0.1, -0.05) is 44.5 Å². The van der Waals surface area contributed by atoms with Gasteiger partial charge in [0.2, 0.25) is 0 Å². The van der Waals surface area contributed by atoms with E-state index in [0.29, 0.717) is 22.5 Å². The molecular weight excluding hydrogens is 410 g/mol. The number of halogens is 1. The number of piperidine rings is 1. The highest BCUT2D eigenvalue weighted by atomic mass is 35.5. The van der Waals surface area contributed by atoms with Crippen molar-refractivity contribution in [3.05, 3.63) is 52.3 Å². The van der Waals surface area contributed by atoms with E-state index in [2.05, 4.69) is 36.0 Å². The molecule has 0 aliphatic carbocycles. The standard InChI is InChI=1S/C24H30ClN5O/c1-5-29-12-10-19(11-13-29)30-23-21(16(4)28-30)22(25)20(14-26-23)24(31)27-18-8-6-17(7-9-18)15(2)3/h6-9,14-15,19H,5,10-13H2,1-4H3,(H,27,31). The third-order valence-corrected chi connectivity index (χ3v) is 6.65. The third-order valence-electron chi connectivity index (χ3n) is 6.26. The molecule has 3 heterocycles. The molecule has 2 aromatic heterocycles. The van der Waals surface area contributed by atoms with Gasteiger partial charge in [-0.3, -0.25) is 4.79 Å². The van der Waals surface area contributed by atoms with Crippen LogP contribution in [0.5, 0.6) is 0 Å². The molecule has 1 aliphatic rings. The van der Waals surface area contributed by atoms with E-state index in [4.69, 9.17) is 16.7 Å². The minimum atomic E-state index is -0.264. The van der Waals surface area contributed by atoms with Crippen LogP contribution in [-0.2, 0) is 0 Å². The number of aryl methyl sites for hydroxylation is 1. The Morgan fingerprint density at radius 2 is 1.90 bits per heavy atom. The number of hydrogen-bond acceptors (Lipinski definition) is 4. The minimum Gasteiger partial charge on any atom is -0.322 e. The van der Waals surface area contributed by atoms with Gasteiger partial charge in [0.25, 0.3) is 5.91 Å². The van der Waals surface area contributed by atoms with Gasteiger partial charge >= 0.3 is 0 Å². The molecule has 3 aromatic rings. The van der Waals surface area contributed by atoms with E-state index >= 15 is 0 Å². The number of benzene rings is 1. The first kappa shape index (κ1) is 21.8. The molecule has 31 heavy (non-hydrogen) atoms. The second kappa shape index (κ2) is 8.97. The van der Waals surface area contributed by atoms with Crippen LogP contribution in [0.25, 0.3) is 11.0 Å². The average molecular weight is 440 g/mol. The van der Waals surface area contributed by atoms with E-state index in [-0.39, 0.29) is 5.91 Å². The van der Waals surface area contributed by atoms with Gasteiger partial charge < -0.3 is 10.2 Å². The first-order chi connectivity index (χ1) is 14.9. The average Bonchev–Trinajstić information content (AvgIpc) is 3.11. The largest absolute Gasteiger partial charge is 0.322 e. The molecule has 1 amide bonds. The van der Waals surface area contributed by atoms with Gasteiger partial charge in [-0.25, -0.2) is 9.67 Å². The summed E-state index contributed by atoms with van der Waals surface area (Å²) in [5.41, 5.74) is 3.90. The van der Waals surface area contributed by atoms with Gasteiger partial charge in [0.15, 0.2) is 5.65 Å². The van der Waals surface area contributed by atoms with Crippen molar-refractivity contribution in [2.45, 2.75) is 52.5 Å². The van der Waals surface area contributed by atoms with E-state index in [1.807, 2.05) is 35.9 Å². The van der Waals surface area contributed by atoms with Crippen LogP contribution in [-0.4, -0.2) is 45.2 Å². The molecule has 0 radical (unpaired) electrons. The summed E-state index contributed by atoms with van der Waals surface area (Å²) < 4.78 is 2.01. The second-order valence-corrected chi connectivity index (χ2v) is 8.99. The Labute approximate surface area is 188 Å². The Bertz CT molecular complexity index is 1080. The van der Waals surface area contributed by atoms with Gasteiger partial charge in [0.05, 0.1) is 27.7 Å². The molecule has 0 atom stereocenters. The Balaban J connectivity index is 1.59. The number of fused-ring (bicyclic) bond motifs is 1. The molecule has 4 rings (SSSR count). The highest BCUT2D eigenvalue weighted by molar-refractivity contribution is 6.39. The third kappa shape index (κ3) is 4.32. The molecule has 0 bridgehead atoms. The summed E-state index contributed by atoms with van der Waals surface area (Å²) in [5.74, 6) is 0.180. The monoisotopic (exact) mass is 439 g/mol. The van der Waals surface area contributed by atoms with Gasteiger partial charge in [0, 0.05) is 25.0 Å². The fourth-order valence-electron chi connectivity index (χ4n) is 4.28. The SMILES string of the molecule is CCN1CCC(n2nc(C)c3c(Cl)c(C(=O)Nc4ccc(C(C)C)cc4)cnc32)CC1. The van der Waals surface area contributed by atoms with E-state index < -0.39 is 0 Å². The van der Waals surface area contributed by atoms with Gasteiger partial charge in [0.1, 0.15) is 0 Å². The number of nitrogens with one attached hydrogen (secondary N) is 1. The number of carbonyl (C=O) groups excluding carboxylic acids is 1. The van der Waals surface area contributed by atoms with Crippen LogP contribution in [0, 0.1) is 6.92 Å². The number of anilines is 1. The first-order valence-electron chi connectivity index (χ1n) is 11.1. The van der Waals surface area contributed by atoms with Gasteiger partial charge in [-0.05, 0) is 49.9 Å². The van der Waals surface area contributed by atoms with Crippen molar-refractivity contribution in [1.82, 2.24) is 19.7 Å². The van der Waals surface area contributed by atoms with Gasteiger partial charge in [-0.15, -0.1) is 0 Å². The summed E-state index contributed by atoms with van der Waals surface area (Å²) in [6.45, 7) is 11.6. The molecule has 1 N–H and O–H groups in total. The Kier molecular flexibility index (Phi) is 6.30. The maximum absolute atomic E-state index is 12.9. The maximum atomic E-state index is 12.9. The van der Waals surface area contributed by atoms with Crippen molar-refractivity contribution in [2.24, 2.45) is 0 Å². The lowest BCUT2D eigenvalue weighted by molar-refractivity contribution is 0.102. The predicted molar refractivity (Wildman–Crippen MR) is 126 cm³/mol. The van der Waals surface area contributed by atoms with Crippen molar-refractivity contribution in [1.29, 1.82) is 0 Å². The normalized spacial score (nSPS) is 15.7. The van der Waals surface area contributed by atoms with Crippen LogP contribution in [0.1, 0.15) is 67.2 Å². The lowest BCUT2D eigenvalue weighted by Crippen LogP contribution is -2.34. The van der Waals surface area contributed by atoms with E-state index in [1.165, 1.54) is 5.56 Å². The summed E-state index contributed by atoms with van der Waals surface area (Å²) in [6, 6.07) is 8.20. The minimum absolute atomic E-state index is 0.264. The number of likely N-dealkylation sites (tertiary alicyclic amines) is 1. The summed E-state index contributed by atoms with van der Waals surface area (Å²) in [7, 11) is 0. The van der Waals surface area contributed by atoms with Crippen LogP contribution < -0.4 is 5.32 Å². The van der Waals surface area contributed by atoms with Crippen LogP contribution in [0.3, 0.4) is 0 Å². The molecule has 0 saturated carbocycles. The van der Waals surface area contributed by atoms with E-state index in [9.17, 15) is 4.79 Å². The number of pyridine rings is 1. The lowest BCUT2D eigenvalue weighted by Gasteiger charge is -2.31. The molecule has 7 heteroatoms. The topological polar surface area (TPSA) is 63.1 Å². The summed E-state index contributed by atoms with van der Waals surface area (Å²) in [4.78, 5) is 20.0. The number of amides is 1. The first-order valence-corrected chi connectivity index (χ1v) is 11.4. The predicted octanol–water partition coefficient (Wildman–Crippen LogP) is 5.43. The van der Waals surface area contributed by atoms with Crippen molar-refractivity contribution in [3.63, 3.8) is 0 Å². The second-order valence-electron chi connectivity index (χ2n) is 8.61. The Hall–Kier alpha value is -2.44. The van der Waals surface area contributed by atoms with E-state index in [0.717, 1.165) is 54.9 Å². The molecule has 1 saturated heterocycles.